The summed E-state index contributed by atoms with van der Waals surface area (Å²) >= 11 is 0. The Bertz CT molecular complexity index is 869. The molecule has 28 heavy (non-hydrogen) atoms. The van der Waals surface area contributed by atoms with Crippen molar-refractivity contribution in [1.82, 2.24) is 5.32 Å². The number of methoxy groups -OCH3 is 1. The first-order valence-corrected chi connectivity index (χ1v) is 8.85. The lowest BCUT2D eigenvalue weighted by Crippen LogP contribution is -2.43. The van der Waals surface area contributed by atoms with Gasteiger partial charge in [0, 0.05) is 23.6 Å². The van der Waals surface area contributed by atoms with Crippen molar-refractivity contribution in [2.45, 2.75) is 38.6 Å². The monoisotopic (exact) mass is 384 g/mol. The van der Waals surface area contributed by atoms with E-state index in [-0.39, 0.29) is 17.5 Å². The number of nitrogens with one attached hydrogen (secondary N) is 1. The van der Waals surface area contributed by atoms with Crippen molar-refractivity contribution < 1.29 is 19.2 Å². The molecule has 2 aromatic carbocycles. The molecule has 2 rings (SSSR count). The van der Waals surface area contributed by atoms with E-state index >= 15 is 0 Å². The molecule has 0 radical (unpaired) electrons. The molecule has 148 valence electrons. The van der Waals surface area contributed by atoms with Gasteiger partial charge in [-0.05, 0) is 23.1 Å². The molecule has 2 aromatic rings. The Morgan fingerprint density at radius 1 is 1.11 bits per heavy atom. The van der Waals surface area contributed by atoms with Crippen molar-refractivity contribution >= 4 is 17.6 Å². The van der Waals surface area contributed by atoms with Crippen LogP contribution in [0.2, 0.25) is 0 Å². The summed E-state index contributed by atoms with van der Waals surface area (Å²) in [6.07, 6.45) is -0.0460. The summed E-state index contributed by atoms with van der Waals surface area (Å²) in [5.41, 5.74) is 1.65. The van der Waals surface area contributed by atoms with Crippen LogP contribution in [-0.4, -0.2) is 30.0 Å². The average molecular weight is 384 g/mol. The Morgan fingerprint density at radius 2 is 1.71 bits per heavy atom. The second kappa shape index (κ2) is 8.65. The van der Waals surface area contributed by atoms with E-state index < -0.39 is 22.8 Å². The number of para-hydroxylation sites is 1. The quantitative estimate of drug-likeness (QED) is 0.467. The molecule has 7 nitrogen and oxygen atoms in total. The zero-order valence-corrected chi connectivity index (χ0v) is 16.4. The van der Waals surface area contributed by atoms with E-state index in [9.17, 15) is 19.7 Å². The number of rotatable bonds is 6. The van der Waals surface area contributed by atoms with Crippen molar-refractivity contribution in [2.24, 2.45) is 0 Å². The smallest absolute Gasteiger partial charge is 0.328 e. The number of esters is 1. The highest BCUT2D eigenvalue weighted by Gasteiger charge is 2.26. The van der Waals surface area contributed by atoms with E-state index in [0.717, 1.165) is 5.56 Å². The van der Waals surface area contributed by atoms with Gasteiger partial charge >= 0.3 is 5.97 Å². The van der Waals surface area contributed by atoms with E-state index in [2.05, 4.69) is 26.1 Å². The molecule has 0 bridgehead atoms. The predicted octanol–water partition coefficient (Wildman–Crippen LogP) is 3.41. The lowest BCUT2D eigenvalue weighted by molar-refractivity contribution is -0.385. The number of carbonyl (C=O) groups excluding carboxylic acids is 2. The summed E-state index contributed by atoms with van der Waals surface area (Å²) in [7, 11) is 1.21. The maximum absolute atomic E-state index is 12.6. The van der Waals surface area contributed by atoms with Gasteiger partial charge in [-0.3, -0.25) is 14.9 Å². The van der Waals surface area contributed by atoms with Crippen molar-refractivity contribution in [2.75, 3.05) is 7.11 Å². The summed E-state index contributed by atoms with van der Waals surface area (Å²) < 4.78 is 4.76. The fourth-order valence-corrected chi connectivity index (χ4v) is 2.78. The number of nitrogens with zero attached hydrogens (tertiary/aromatic N) is 1. The van der Waals surface area contributed by atoms with Gasteiger partial charge in [0.2, 0.25) is 0 Å². The SMILES string of the molecule is COC(=O)[C@H](Cc1ccccc1[N+](=O)[O-])NC(=O)c1ccc(C(C)(C)C)cc1. The standard InChI is InChI=1S/C21H24N2O5/c1-21(2,3)16-11-9-14(10-12-16)19(24)22-17(20(25)28-4)13-15-7-5-6-8-18(15)23(26)27/h5-12,17H,13H2,1-4H3,(H,22,24)/t17-/m0/s1. The van der Waals surface area contributed by atoms with Crippen molar-refractivity contribution in [1.29, 1.82) is 0 Å². The summed E-state index contributed by atoms with van der Waals surface area (Å²) in [4.78, 5) is 35.4. The Labute approximate surface area is 163 Å². The third-order valence-corrected chi connectivity index (χ3v) is 4.42. The molecule has 0 spiro atoms. The van der Waals surface area contributed by atoms with E-state index in [0.29, 0.717) is 11.1 Å². The number of amides is 1. The topological polar surface area (TPSA) is 98.5 Å². The summed E-state index contributed by atoms with van der Waals surface area (Å²) in [6, 6.07) is 12.2. The average Bonchev–Trinajstić information content (AvgIpc) is 2.66. The first kappa shape index (κ1) is 21.1. The number of nitro benzene ring substituents is 1. The lowest BCUT2D eigenvalue weighted by atomic mass is 9.86. The Kier molecular flexibility index (Phi) is 6.51. The molecule has 0 aliphatic heterocycles. The van der Waals surface area contributed by atoms with Crippen LogP contribution in [0, 0.1) is 10.1 Å². The molecule has 1 N–H and O–H groups in total. The first-order valence-electron chi connectivity index (χ1n) is 8.85. The minimum atomic E-state index is -1.04. The molecule has 0 aliphatic rings. The highest BCUT2D eigenvalue weighted by Crippen LogP contribution is 2.23. The van der Waals surface area contributed by atoms with E-state index in [1.807, 2.05) is 12.1 Å². The zero-order chi connectivity index (χ0) is 20.9. The third kappa shape index (κ3) is 5.16. The Hall–Kier alpha value is -3.22. The van der Waals surface area contributed by atoms with Crippen LogP contribution < -0.4 is 5.32 Å². The van der Waals surface area contributed by atoms with Gasteiger partial charge in [-0.1, -0.05) is 51.1 Å². The molecular weight excluding hydrogens is 360 g/mol. The van der Waals surface area contributed by atoms with Gasteiger partial charge in [-0.15, -0.1) is 0 Å². The molecular formula is C21H24N2O5. The van der Waals surface area contributed by atoms with Crippen LogP contribution >= 0.6 is 0 Å². The van der Waals surface area contributed by atoms with Crippen LogP contribution in [0.15, 0.2) is 48.5 Å². The Morgan fingerprint density at radius 3 is 2.25 bits per heavy atom. The molecule has 7 heteroatoms. The number of hydrogen-bond acceptors (Lipinski definition) is 5. The minimum absolute atomic E-state index is 0.0458. The first-order chi connectivity index (χ1) is 13.1. The van der Waals surface area contributed by atoms with Gasteiger partial charge in [0.05, 0.1) is 12.0 Å². The van der Waals surface area contributed by atoms with Gasteiger partial charge in [0.1, 0.15) is 6.04 Å². The van der Waals surface area contributed by atoms with E-state index in [1.54, 1.807) is 30.3 Å². The molecule has 0 saturated carbocycles. The second-order valence-corrected chi connectivity index (χ2v) is 7.47. The molecule has 0 aliphatic carbocycles. The minimum Gasteiger partial charge on any atom is -0.467 e. The Balaban J connectivity index is 2.22. The van der Waals surface area contributed by atoms with Gasteiger partial charge in [0.25, 0.3) is 11.6 Å². The van der Waals surface area contributed by atoms with Gasteiger partial charge in [-0.25, -0.2) is 4.79 Å². The highest BCUT2D eigenvalue weighted by molar-refractivity contribution is 5.96. The zero-order valence-electron chi connectivity index (χ0n) is 16.4. The largest absolute Gasteiger partial charge is 0.467 e. The number of benzene rings is 2. The van der Waals surface area contributed by atoms with Crippen molar-refractivity contribution in [3.63, 3.8) is 0 Å². The summed E-state index contributed by atoms with van der Waals surface area (Å²) in [5.74, 6) is -1.12. The van der Waals surface area contributed by atoms with Crippen molar-refractivity contribution in [3.05, 3.63) is 75.3 Å². The molecule has 0 fully saturated rings. The van der Waals surface area contributed by atoms with Crippen LogP contribution in [0.1, 0.15) is 42.3 Å². The fourth-order valence-electron chi connectivity index (χ4n) is 2.78. The number of nitro groups is 1. The number of hydrogen-bond donors (Lipinski definition) is 1. The highest BCUT2D eigenvalue weighted by atomic mass is 16.6. The van der Waals surface area contributed by atoms with Crippen LogP contribution in [0.3, 0.4) is 0 Å². The summed E-state index contributed by atoms with van der Waals surface area (Å²) in [6.45, 7) is 6.21. The maximum Gasteiger partial charge on any atom is 0.328 e. The molecule has 0 heterocycles. The van der Waals surface area contributed by atoms with Gasteiger partial charge < -0.3 is 10.1 Å². The molecule has 0 unspecified atom stereocenters. The van der Waals surface area contributed by atoms with Crippen LogP contribution in [0.25, 0.3) is 0 Å². The van der Waals surface area contributed by atoms with Crippen LogP contribution in [0.4, 0.5) is 5.69 Å². The van der Waals surface area contributed by atoms with E-state index in [1.165, 1.54) is 13.2 Å². The lowest BCUT2D eigenvalue weighted by Gasteiger charge is -2.20. The van der Waals surface area contributed by atoms with Crippen molar-refractivity contribution in [3.8, 4) is 0 Å². The molecule has 1 amide bonds. The normalized spacial score (nSPS) is 12.1. The maximum atomic E-state index is 12.6. The third-order valence-electron chi connectivity index (χ3n) is 4.42. The second-order valence-electron chi connectivity index (χ2n) is 7.47. The number of carbonyl (C=O) groups is 2. The van der Waals surface area contributed by atoms with Gasteiger partial charge in [0.15, 0.2) is 0 Å². The fraction of sp³-hybridized carbons (Fsp3) is 0.333. The summed E-state index contributed by atoms with van der Waals surface area (Å²) in [5, 5.41) is 13.8. The number of ether oxygens (including phenoxy) is 1. The van der Waals surface area contributed by atoms with Crippen LogP contribution in [-0.2, 0) is 21.4 Å². The molecule has 1 atom stereocenters. The molecule has 0 aromatic heterocycles. The van der Waals surface area contributed by atoms with E-state index in [4.69, 9.17) is 4.74 Å². The van der Waals surface area contributed by atoms with Crippen LogP contribution in [0.5, 0.6) is 0 Å². The van der Waals surface area contributed by atoms with Gasteiger partial charge in [-0.2, -0.15) is 0 Å². The predicted molar refractivity (Wildman–Crippen MR) is 105 cm³/mol. The molecule has 0 saturated heterocycles.